The third kappa shape index (κ3) is 3.18. The molecule has 0 aromatic carbocycles. The Morgan fingerprint density at radius 3 is 1.67 bits per heavy atom. The normalized spacial score (nSPS) is 14.0. The van der Waals surface area contributed by atoms with Crippen LogP contribution in [0.25, 0.3) is 0 Å². The minimum absolute atomic E-state index is 0.0590. The number of hydrogen-bond acceptors (Lipinski definition) is 0. The van der Waals surface area contributed by atoms with Gasteiger partial charge >= 0.3 is 0 Å². The molecule has 0 spiro atoms. The number of alkyl halides is 3. The molecular formula is C5H10Br3P. The van der Waals surface area contributed by atoms with E-state index in [1.54, 1.807) is 0 Å². The first-order valence-corrected chi connectivity index (χ1v) is 5.82. The van der Waals surface area contributed by atoms with Gasteiger partial charge in [0.05, 0.1) is 2.97 Å². The van der Waals surface area contributed by atoms with E-state index >= 15 is 0 Å². The van der Waals surface area contributed by atoms with Gasteiger partial charge in [-0.15, -0.1) is 9.24 Å². The molecule has 9 heavy (non-hydrogen) atoms. The van der Waals surface area contributed by atoms with Crippen LogP contribution in [0.1, 0.15) is 13.8 Å². The van der Waals surface area contributed by atoms with Gasteiger partial charge in [0.25, 0.3) is 0 Å². The molecular weight excluding hydrogens is 331 g/mol. The molecule has 0 aliphatic carbocycles. The van der Waals surface area contributed by atoms with E-state index in [2.05, 4.69) is 70.9 Å². The third-order valence-corrected chi connectivity index (χ3v) is 5.57. The van der Waals surface area contributed by atoms with Gasteiger partial charge in [0.2, 0.25) is 0 Å². The Hall–Kier alpha value is 1.87. The molecule has 1 atom stereocenters. The van der Waals surface area contributed by atoms with E-state index in [1.807, 2.05) is 0 Å². The molecule has 0 rings (SSSR count). The van der Waals surface area contributed by atoms with Gasteiger partial charge in [0.15, 0.2) is 0 Å². The van der Waals surface area contributed by atoms with E-state index in [1.165, 1.54) is 0 Å². The molecule has 1 unspecified atom stereocenters. The summed E-state index contributed by atoms with van der Waals surface area (Å²) in [6, 6.07) is 0. The first-order chi connectivity index (χ1) is 3.81. The summed E-state index contributed by atoms with van der Waals surface area (Å²) in [5, 5.41) is 0.958. The average molecular weight is 341 g/mol. The number of halogens is 3. The lowest BCUT2D eigenvalue weighted by molar-refractivity contribution is 0.463. The van der Waals surface area contributed by atoms with Crippen LogP contribution in [0.3, 0.4) is 0 Å². The van der Waals surface area contributed by atoms with Crippen molar-refractivity contribution in [2.24, 2.45) is 5.41 Å². The molecule has 0 bridgehead atoms. The minimum atomic E-state index is -0.0590. The van der Waals surface area contributed by atoms with Crippen LogP contribution in [0, 0.1) is 5.41 Å². The van der Waals surface area contributed by atoms with Crippen LogP contribution in [0.5, 0.6) is 0 Å². The van der Waals surface area contributed by atoms with Gasteiger partial charge in [-0.3, -0.25) is 0 Å². The van der Waals surface area contributed by atoms with Crippen LogP contribution >= 0.6 is 57.0 Å². The van der Waals surface area contributed by atoms with E-state index in [9.17, 15) is 0 Å². The van der Waals surface area contributed by atoms with Crippen LogP contribution in [-0.2, 0) is 0 Å². The van der Waals surface area contributed by atoms with Crippen molar-refractivity contribution < 1.29 is 0 Å². The highest BCUT2D eigenvalue weighted by Gasteiger charge is 2.35. The van der Waals surface area contributed by atoms with Crippen LogP contribution in [0.4, 0.5) is 0 Å². The predicted octanol–water partition coefficient (Wildman–Crippen LogP) is 3.73. The summed E-state index contributed by atoms with van der Waals surface area (Å²) in [5.41, 5.74) is 0.192. The summed E-state index contributed by atoms with van der Waals surface area (Å²) in [4.78, 5) is 0. The third-order valence-electron chi connectivity index (χ3n) is 1.24. The molecule has 0 fully saturated rings. The van der Waals surface area contributed by atoms with E-state index in [-0.39, 0.29) is 8.39 Å². The van der Waals surface area contributed by atoms with Crippen molar-refractivity contribution in [3.05, 3.63) is 0 Å². The highest BCUT2D eigenvalue weighted by atomic mass is 79.9. The summed E-state index contributed by atoms with van der Waals surface area (Å²) in [6.45, 7) is 4.33. The van der Waals surface area contributed by atoms with Gasteiger partial charge in [-0.1, -0.05) is 61.6 Å². The Morgan fingerprint density at radius 2 is 1.67 bits per heavy atom. The molecule has 0 N–H and O–H groups in total. The van der Waals surface area contributed by atoms with Gasteiger partial charge in [-0.05, 0) is 0 Å². The summed E-state index contributed by atoms with van der Waals surface area (Å²) >= 11 is 10.5. The Labute approximate surface area is 84.1 Å². The summed E-state index contributed by atoms with van der Waals surface area (Å²) < 4.78 is -0.0590. The second kappa shape index (κ2) is 3.51. The number of hydrogen-bond donors (Lipinski definition) is 0. The fourth-order valence-corrected chi connectivity index (χ4v) is 1.97. The Morgan fingerprint density at radius 1 is 1.33 bits per heavy atom. The average Bonchev–Trinajstić information content (AvgIpc) is 1.64. The highest BCUT2D eigenvalue weighted by molar-refractivity contribution is 9.26. The molecule has 0 radical (unpaired) electrons. The predicted molar refractivity (Wildman–Crippen MR) is 57.9 cm³/mol. The largest absolute Gasteiger partial charge is 0.107 e. The molecule has 0 aliphatic rings. The lowest BCUT2D eigenvalue weighted by Gasteiger charge is -2.32. The fourth-order valence-electron chi connectivity index (χ4n) is 0.0891. The SMILES string of the molecule is CC(C)(CBr)C(P)(Br)Br. The van der Waals surface area contributed by atoms with Crippen molar-refractivity contribution in [3.8, 4) is 0 Å². The van der Waals surface area contributed by atoms with Crippen molar-refractivity contribution in [3.63, 3.8) is 0 Å². The van der Waals surface area contributed by atoms with Crippen molar-refractivity contribution in [1.29, 1.82) is 0 Å². The fraction of sp³-hybridized carbons (Fsp3) is 1.00. The standard InChI is InChI=1S/C5H10Br3P/c1-4(2,3-6)5(7,8)9/h3,9H2,1-2H3. The van der Waals surface area contributed by atoms with Crippen molar-refractivity contribution in [2.75, 3.05) is 5.33 Å². The van der Waals surface area contributed by atoms with Crippen molar-refractivity contribution in [2.45, 2.75) is 16.8 Å². The van der Waals surface area contributed by atoms with Crippen LogP contribution < -0.4 is 0 Å². The summed E-state index contributed by atoms with van der Waals surface area (Å²) in [6.07, 6.45) is 0. The molecule has 0 heterocycles. The lowest BCUT2D eigenvalue weighted by atomic mass is 10.0. The second-order valence-corrected chi connectivity index (χ2v) is 9.32. The van der Waals surface area contributed by atoms with E-state index in [0.29, 0.717) is 0 Å². The highest BCUT2D eigenvalue weighted by Crippen LogP contribution is 2.49. The van der Waals surface area contributed by atoms with Gasteiger partial charge in [0.1, 0.15) is 0 Å². The van der Waals surface area contributed by atoms with Gasteiger partial charge in [-0.2, -0.15) is 0 Å². The zero-order valence-corrected chi connectivity index (χ0v) is 11.3. The molecule has 0 aliphatic heterocycles. The van der Waals surface area contributed by atoms with Crippen LogP contribution in [0.2, 0.25) is 0 Å². The molecule has 0 saturated heterocycles. The number of rotatable bonds is 2. The summed E-state index contributed by atoms with van der Waals surface area (Å²) in [5.74, 6) is 0. The van der Waals surface area contributed by atoms with Gasteiger partial charge in [0, 0.05) is 10.7 Å². The molecule has 0 amide bonds. The maximum atomic E-state index is 3.51. The quantitative estimate of drug-likeness (QED) is 0.531. The summed E-state index contributed by atoms with van der Waals surface area (Å²) in [7, 11) is 2.71. The zero-order chi connectivity index (χ0) is 7.71. The molecule has 56 valence electrons. The lowest BCUT2D eigenvalue weighted by Crippen LogP contribution is -2.28. The Kier molecular flexibility index (Phi) is 4.24. The monoisotopic (exact) mass is 338 g/mol. The molecule has 0 saturated carbocycles. The second-order valence-electron chi connectivity index (χ2n) is 2.64. The van der Waals surface area contributed by atoms with Gasteiger partial charge < -0.3 is 0 Å². The molecule has 0 nitrogen and oxygen atoms in total. The van der Waals surface area contributed by atoms with Gasteiger partial charge in [-0.25, -0.2) is 0 Å². The van der Waals surface area contributed by atoms with E-state index in [0.717, 1.165) is 5.33 Å². The topological polar surface area (TPSA) is 0 Å². The van der Waals surface area contributed by atoms with Crippen molar-refractivity contribution >= 4 is 57.0 Å². The Balaban J connectivity index is 4.14. The maximum Gasteiger partial charge on any atom is 0.0996 e. The Bertz CT molecular complexity index is 94.9. The van der Waals surface area contributed by atoms with E-state index in [4.69, 9.17) is 0 Å². The van der Waals surface area contributed by atoms with Crippen LogP contribution in [-0.4, -0.2) is 8.30 Å². The smallest absolute Gasteiger partial charge is 0.0996 e. The maximum absolute atomic E-state index is 3.51. The van der Waals surface area contributed by atoms with E-state index < -0.39 is 0 Å². The molecule has 0 aromatic heterocycles. The first kappa shape index (κ1) is 10.9. The molecule has 0 aromatic rings. The zero-order valence-electron chi connectivity index (χ0n) is 5.42. The molecule has 4 heteroatoms. The van der Waals surface area contributed by atoms with Crippen molar-refractivity contribution in [1.82, 2.24) is 0 Å². The van der Waals surface area contributed by atoms with Crippen LogP contribution in [0.15, 0.2) is 0 Å². The minimum Gasteiger partial charge on any atom is -0.107 e. The first-order valence-electron chi connectivity index (χ1n) is 2.54.